The van der Waals surface area contributed by atoms with Gasteiger partial charge in [0.05, 0.1) is 18.1 Å². The maximum absolute atomic E-state index is 12.3. The zero-order chi connectivity index (χ0) is 18.6. The lowest BCUT2D eigenvalue weighted by molar-refractivity contribution is -0.115. The lowest BCUT2D eigenvalue weighted by Crippen LogP contribution is -2.30. The van der Waals surface area contributed by atoms with Gasteiger partial charge in [0.2, 0.25) is 5.91 Å². The molecule has 0 aliphatic carbocycles. The minimum Gasteiger partial charge on any atom is -0.496 e. The number of carbonyl (C=O) groups is 1. The molecule has 2 N–H and O–H groups in total. The fourth-order valence-corrected chi connectivity index (χ4v) is 3.43. The van der Waals surface area contributed by atoms with E-state index in [9.17, 15) is 4.79 Å². The SMILES string of the molecule is COc1ccc([C@@H](C)NCC(=O)Nc2c(C)cc(C)cc2C)cc1Br. The van der Waals surface area contributed by atoms with E-state index in [1.807, 2.05) is 39.0 Å². The van der Waals surface area contributed by atoms with Gasteiger partial charge in [-0.1, -0.05) is 23.8 Å². The van der Waals surface area contributed by atoms with Crippen molar-refractivity contribution in [1.29, 1.82) is 0 Å². The maximum atomic E-state index is 12.3. The number of benzene rings is 2. The number of carbonyl (C=O) groups excluding carboxylic acids is 1. The number of halogens is 1. The second kappa shape index (κ2) is 8.50. The Kier molecular flexibility index (Phi) is 6.62. The van der Waals surface area contributed by atoms with Crippen LogP contribution in [0.5, 0.6) is 5.75 Å². The topological polar surface area (TPSA) is 50.4 Å². The van der Waals surface area contributed by atoms with Gasteiger partial charge in [-0.05, 0) is 72.4 Å². The van der Waals surface area contributed by atoms with Crippen molar-refractivity contribution in [3.8, 4) is 5.75 Å². The van der Waals surface area contributed by atoms with E-state index in [-0.39, 0.29) is 18.5 Å². The van der Waals surface area contributed by atoms with Gasteiger partial charge in [-0.3, -0.25) is 4.79 Å². The lowest BCUT2D eigenvalue weighted by atomic mass is 10.1. The van der Waals surface area contributed by atoms with Crippen LogP contribution in [-0.2, 0) is 4.79 Å². The number of aryl methyl sites for hydroxylation is 3. The van der Waals surface area contributed by atoms with Gasteiger partial charge in [0, 0.05) is 11.7 Å². The number of nitrogens with one attached hydrogen (secondary N) is 2. The normalized spacial score (nSPS) is 11.9. The first-order valence-electron chi connectivity index (χ1n) is 8.26. The van der Waals surface area contributed by atoms with Crippen LogP contribution in [0.25, 0.3) is 0 Å². The molecule has 1 atom stereocenters. The average Bonchev–Trinajstić information content (AvgIpc) is 2.55. The van der Waals surface area contributed by atoms with Gasteiger partial charge in [0.1, 0.15) is 5.75 Å². The molecule has 0 saturated carbocycles. The fourth-order valence-electron chi connectivity index (χ4n) is 2.88. The van der Waals surface area contributed by atoms with E-state index in [2.05, 4.69) is 45.6 Å². The number of hydrogen-bond donors (Lipinski definition) is 2. The van der Waals surface area contributed by atoms with Crippen molar-refractivity contribution in [3.63, 3.8) is 0 Å². The summed E-state index contributed by atoms with van der Waals surface area (Å²) in [6.07, 6.45) is 0. The van der Waals surface area contributed by atoms with E-state index in [4.69, 9.17) is 4.74 Å². The molecule has 2 aromatic rings. The van der Waals surface area contributed by atoms with Crippen molar-refractivity contribution in [2.45, 2.75) is 33.7 Å². The summed E-state index contributed by atoms with van der Waals surface area (Å²) in [5, 5.41) is 6.27. The van der Waals surface area contributed by atoms with Gasteiger partial charge < -0.3 is 15.4 Å². The summed E-state index contributed by atoms with van der Waals surface area (Å²) in [6.45, 7) is 8.37. The highest BCUT2D eigenvalue weighted by Gasteiger charge is 2.12. The second-order valence-corrected chi connectivity index (χ2v) is 7.17. The third kappa shape index (κ3) is 5.06. The van der Waals surface area contributed by atoms with Crippen molar-refractivity contribution in [3.05, 3.63) is 57.1 Å². The highest BCUT2D eigenvalue weighted by atomic mass is 79.9. The minimum absolute atomic E-state index is 0.0468. The van der Waals surface area contributed by atoms with Crippen molar-refractivity contribution in [1.82, 2.24) is 5.32 Å². The Morgan fingerprint density at radius 3 is 2.36 bits per heavy atom. The molecule has 0 radical (unpaired) electrons. The van der Waals surface area contributed by atoms with Crippen LogP contribution in [0.4, 0.5) is 5.69 Å². The molecular weight excluding hydrogens is 380 g/mol. The Hall–Kier alpha value is -1.85. The molecule has 2 rings (SSSR count). The summed E-state index contributed by atoms with van der Waals surface area (Å²) in [6, 6.07) is 10.1. The van der Waals surface area contributed by atoms with Crippen LogP contribution in [0.15, 0.2) is 34.8 Å². The first kappa shape index (κ1) is 19.5. The third-order valence-corrected chi connectivity index (χ3v) is 4.81. The Labute approximate surface area is 158 Å². The summed E-state index contributed by atoms with van der Waals surface area (Å²) in [5.74, 6) is 0.744. The molecule has 4 nitrogen and oxygen atoms in total. The molecule has 0 unspecified atom stereocenters. The summed E-state index contributed by atoms with van der Waals surface area (Å²) >= 11 is 3.49. The quantitative estimate of drug-likeness (QED) is 0.734. The predicted octanol–water partition coefficient (Wildman–Crippen LogP) is 4.67. The molecule has 0 bridgehead atoms. The van der Waals surface area contributed by atoms with Gasteiger partial charge in [-0.15, -0.1) is 0 Å². The Balaban J connectivity index is 1.97. The van der Waals surface area contributed by atoms with Crippen LogP contribution >= 0.6 is 15.9 Å². The Morgan fingerprint density at radius 2 is 1.80 bits per heavy atom. The smallest absolute Gasteiger partial charge is 0.238 e. The molecule has 5 heteroatoms. The van der Waals surface area contributed by atoms with Gasteiger partial charge in [-0.2, -0.15) is 0 Å². The summed E-state index contributed by atoms with van der Waals surface area (Å²) in [4.78, 5) is 12.3. The zero-order valence-corrected chi connectivity index (χ0v) is 17.0. The Bertz CT molecular complexity index is 751. The van der Waals surface area contributed by atoms with E-state index in [1.54, 1.807) is 7.11 Å². The molecule has 25 heavy (non-hydrogen) atoms. The molecule has 0 aliphatic heterocycles. The number of hydrogen-bond acceptors (Lipinski definition) is 3. The molecule has 0 spiro atoms. The third-order valence-electron chi connectivity index (χ3n) is 4.19. The summed E-state index contributed by atoms with van der Waals surface area (Å²) < 4.78 is 6.14. The first-order valence-corrected chi connectivity index (χ1v) is 9.05. The molecule has 0 saturated heterocycles. The van der Waals surface area contributed by atoms with Crippen LogP contribution in [0.1, 0.15) is 35.2 Å². The highest BCUT2D eigenvalue weighted by Crippen LogP contribution is 2.28. The number of anilines is 1. The molecule has 2 aromatic carbocycles. The summed E-state index contributed by atoms with van der Waals surface area (Å²) in [5.41, 5.74) is 5.35. The van der Waals surface area contributed by atoms with Crippen molar-refractivity contribution >= 4 is 27.5 Å². The van der Waals surface area contributed by atoms with Crippen LogP contribution in [0.3, 0.4) is 0 Å². The second-order valence-electron chi connectivity index (χ2n) is 6.32. The van der Waals surface area contributed by atoms with Crippen LogP contribution in [0, 0.1) is 20.8 Å². The van der Waals surface area contributed by atoms with E-state index >= 15 is 0 Å². The molecule has 0 fully saturated rings. The number of methoxy groups -OCH3 is 1. The molecule has 0 aliphatic rings. The van der Waals surface area contributed by atoms with E-state index in [0.29, 0.717) is 0 Å². The van der Waals surface area contributed by atoms with Gasteiger partial charge in [0.15, 0.2) is 0 Å². The summed E-state index contributed by atoms with van der Waals surface area (Å²) in [7, 11) is 1.64. The first-order chi connectivity index (χ1) is 11.8. The maximum Gasteiger partial charge on any atom is 0.238 e. The van der Waals surface area contributed by atoms with Crippen molar-refractivity contribution in [2.24, 2.45) is 0 Å². The fraction of sp³-hybridized carbons (Fsp3) is 0.350. The molecule has 1 amide bonds. The standard InChI is InChI=1S/C20H25BrN2O2/c1-12-8-13(2)20(14(3)9-12)23-19(24)11-22-15(4)16-6-7-18(25-5)17(21)10-16/h6-10,15,22H,11H2,1-5H3,(H,23,24)/t15-/m1/s1. The van der Waals surface area contributed by atoms with Gasteiger partial charge in [-0.25, -0.2) is 0 Å². The van der Waals surface area contributed by atoms with Crippen LogP contribution in [0.2, 0.25) is 0 Å². The minimum atomic E-state index is -0.0468. The highest BCUT2D eigenvalue weighted by molar-refractivity contribution is 9.10. The van der Waals surface area contributed by atoms with Gasteiger partial charge >= 0.3 is 0 Å². The van der Waals surface area contributed by atoms with E-state index in [1.165, 1.54) is 5.56 Å². The average molecular weight is 405 g/mol. The molecule has 0 aromatic heterocycles. The number of rotatable bonds is 6. The van der Waals surface area contributed by atoms with Crippen molar-refractivity contribution < 1.29 is 9.53 Å². The van der Waals surface area contributed by atoms with Crippen LogP contribution < -0.4 is 15.4 Å². The van der Waals surface area contributed by atoms with Gasteiger partial charge in [0.25, 0.3) is 0 Å². The van der Waals surface area contributed by atoms with Crippen LogP contribution in [-0.4, -0.2) is 19.6 Å². The number of amides is 1. The molecule has 134 valence electrons. The van der Waals surface area contributed by atoms with E-state index < -0.39 is 0 Å². The van der Waals surface area contributed by atoms with Crippen molar-refractivity contribution in [2.75, 3.05) is 19.0 Å². The Morgan fingerprint density at radius 1 is 1.16 bits per heavy atom. The largest absolute Gasteiger partial charge is 0.496 e. The monoisotopic (exact) mass is 404 g/mol. The molecule has 0 heterocycles. The van der Waals surface area contributed by atoms with E-state index in [0.717, 1.165) is 32.6 Å². The molecular formula is C20H25BrN2O2. The lowest BCUT2D eigenvalue weighted by Gasteiger charge is -2.17. The zero-order valence-electron chi connectivity index (χ0n) is 15.4. The predicted molar refractivity (Wildman–Crippen MR) is 106 cm³/mol. The number of ether oxygens (including phenoxy) is 1.